The van der Waals surface area contributed by atoms with Crippen LogP contribution in [0.15, 0.2) is 53.5 Å². The second-order valence-corrected chi connectivity index (χ2v) is 5.99. The molecule has 0 saturated carbocycles. The molecule has 0 saturated heterocycles. The number of hydrogen-bond donors (Lipinski definition) is 1. The zero-order valence-electron chi connectivity index (χ0n) is 12.8. The first-order valence-electron chi connectivity index (χ1n) is 7.33. The molecular weight excluding hydrogens is 322 g/mol. The largest absolute Gasteiger partial charge is 0.305 e. The number of rotatable bonds is 3. The first kappa shape index (κ1) is 14.5. The summed E-state index contributed by atoms with van der Waals surface area (Å²) in [5.74, 6) is 0.287. The molecule has 1 N–H and O–H groups in total. The zero-order valence-corrected chi connectivity index (χ0v) is 13.6. The average Bonchev–Trinajstić information content (AvgIpc) is 3.25. The van der Waals surface area contributed by atoms with Gasteiger partial charge in [0.1, 0.15) is 11.5 Å². The Morgan fingerprint density at radius 2 is 2.08 bits per heavy atom. The third-order valence-electron chi connectivity index (χ3n) is 3.69. The Hall–Kier alpha value is -3.06. The highest BCUT2D eigenvalue weighted by molar-refractivity contribution is 7.07. The van der Waals surface area contributed by atoms with E-state index in [1.54, 1.807) is 27.7 Å². The summed E-state index contributed by atoms with van der Waals surface area (Å²) in [5.41, 5.74) is 5.67. The SMILES string of the molecule is Cc1ccccc1-c1cc2nccc(NC(=O)c3cscn3)n2n1. The lowest BCUT2D eigenvalue weighted by atomic mass is 10.1. The van der Waals surface area contributed by atoms with E-state index in [1.165, 1.54) is 11.3 Å². The van der Waals surface area contributed by atoms with Gasteiger partial charge in [-0.1, -0.05) is 24.3 Å². The number of carbonyl (C=O) groups is 1. The van der Waals surface area contributed by atoms with Gasteiger partial charge in [-0.15, -0.1) is 11.3 Å². The van der Waals surface area contributed by atoms with Crippen LogP contribution in [0.4, 0.5) is 5.82 Å². The fraction of sp³-hybridized carbons (Fsp3) is 0.0588. The molecule has 0 aliphatic carbocycles. The van der Waals surface area contributed by atoms with Gasteiger partial charge in [0.25, 0.3) is 5.91 Å². The topological polar surface area (TPSA) is 72.2 Å². The Kier molecular flexibility index (Phi) is 3.55. The fourth-order valence-electron chi connectivity index (χ4n) is 2.49. The number of thiazole rings is 1. The maximum atomic E-state index is 12.2. The third-order valence-corrected chi connectivity index (χ3v) is 4.27. The molecule has 3 aromatic heterocycles. The highest BCUT2D eigenvalue weighted by Gasteiger charge is 2.13. The second-order valence-electron chi connectivity index (χ2n) is 5.27. The molecule has 1 aromatic carbocycles. The molecule has 6 nitrogen and oxygen atoms in total. The normalized spacial score (nSPS) is 10.9. The molecule has 0 spiro atoms. The minimum atomic E-state index is -0.267. The number of nitrogens with zero attached hydrogens (tertiary/aromatic N) is 4. The van der Waals surface area contributed by atoms with Gasteiger partial charge in [0.2, 0.25) is 0 Å². The van der Waals surface area contributed by atoms with Crippen molar-refractivity contribution < 1.29 is 4.79 Å². The van der Waals surface area contributed by atoms with Gasteiger partial charge in [-0.25, -0.2) is 9.97 Å². The van der Waals surface area contributed by atoms with Gasteiger partial charge in [0.15, 0.2) is 5.65 Å². The Morgan fingerprint density at radius 3 is 2.88 bits per heavy atom. The standard InChI is InChI=1S/C17H13N5OS/c1-11-4-2-3-5-12(11)13-8-16-18-7-6-15(22(16)21-13)20-17(23)14-9-24-10-19-14/h2-10H,1H3,(H,20,23). The lowest BCUT2D eigenvalue weighted by molar-refractivity contribution is 0.102. The molecule has 0 unspecified atom stereocenters. The van der Waals surface area contributed by atoms with Crippen LogP contribution in [0.25, 0.3) is 16.9 Å². The quantitative estimate of drug-likeness (QED) is 0.623. The van der Waals surface area contributed by atoms with E-state index >= 15 is 0 Å². The number of amides is 1. The summed E-state index contributed by atoms with van der Waals surface area (Å²) in [4.78, 5) is 20.6. The molecule has 24 heavy (non-hydrogen) atoms. The summed E-state index contributed by atoms with van der Waals surface area (Å²) in [6.07, 6.45) is 1.65. The summed E-state index contributed by atoms with van der Waals surface area (Å²) in [6.45, 7) is 2.04. The average molecular weight is 335 g/mol. The van der Waals surface area contributed by atoms with Crippen LogP contribution in [-0.2, 0) is 0 Å². The third kappa shape index (κ3) is 2.55. The molecule has 1 amide bonds. The number of nitrogens with one attached hydrogen (secondary N) is 1. The van der Waals surface area contributed by atoms with Crippen molar-refractivity contribution >= 4 is 28.7 Å². The van der Waals surface area contributed by atoms with E-state index in [4.69, 9.17) is 0 Å². The molecule has 4 rings (SSSR count). The van der Waals surface area contributed by atoms with E-state index in [9.17, 15) is 4.79 Å². The van der Waals surface area contributed by atoms with Crippen molar-refractivity contribution in [3.63, 3.8) is 0 Å². The second kappa shape index (κ2) is 5.86. The van der Waals surface area contributed by atoms with Gasteiger partial charge in [-0.3, -0.25) is 4.79 Å². The lowest BCUT2D eigenvalue weighted by Crippen LogP contribution is -2.15. The van der Waals surface area contributed by atoms with Crippen LogP contribution in [0.2, 0.25) is 0 Å². The summed E-state index contributed by atoms with van der Waals surface area (Å²) in [5, 5.41) is 9.14. The van der Waals surface area contributed by atoms with E-state index < -0.39 is 0 Å². The number of benzene rings is 1. The number of aryl methyl sites for hydroxylation is 1. The molecule has 0 radical (unpaired) electrons. The smallest absolute Gasteiger partial charge is 0.276 e. The number of aromatic nitrogens is 4. The van der Waals surface area contributed by atoms with Crippen molar-refractivity contribution in [3.8, 4) is 11.3 Å². The van der Waals surface area contributed by atoms with Crippen molar-refractivity contribution in [2.45, 2.75) is 6.92 Å². The van der Waals surface area contributed by atoms with Gasteiger partial charge in [-0.05, 0) is 18.6 Å². The van der Waals surface area contributed by atoms with Crippen LogP contribution in [0.3, 0.4) is 0 Å². The minimum Gasteiger partial charge on any atom is -0.305 e. The summed E-state index contributed by atoms with van der Waals surface area (Å²) in [6, 6.07) is 11.6. The zero-order chi connectivity index (χ0) is 16.5. The molecule has 7 heteroatoms. The van der Waals surface area contributed by atoms with E-state index in [-0.39, 0.29) is 5.91 Å². The molecule has 3 heterocycles. The highest BCUT2D eigenvalue weighted by atomic mass is 32.1. The van der Waals surface area contributed by atoms with E-state index in [2.05, 4.69) is 20.4 Å². The minimum absolute atomic E-state index is 0.267. The Balaban J connectivity index is 1.75. The highest BCUT2D eigenvalue weighted by Crippen LogP contribution is 2.24. The van der Waals surface area contributed by atoms with Gasteiger partial charge in [-0.2, -0.15) is 9.61 Å². The Morgan fingerprint density at radius 1 is 1.21 bits per heavy atom. The van der Waals surface area contributed by atoms with Crippen LogP contribution >= 0.6 is 11.3 Å². The van der Waals surface area contributed by atoms with Crippen molar-refractivity contribution in [2.24, 2.45) is 0 Å². The van der Waals surface area contributed by atoms with E-state index in [0.717, 1.165) is 16.8 Å². The molecule has 0 atom stereocenters. The first-order chi connectivity index (χ1) is 11.7. The molecule has 118 valence electrons. The van der Waals surface area contributed by atoms with Crippen molar-refractivity contribution in [1.29, 1.82) is 0 Å². The van der Waals surface area contributed by atoms with Crippen LogP contribution in [0.1, 0.15) is 16.1 Å². The summed E-state index contributed by atoms with van der Waals surface area (Å²) < 4.78 is 1.63. The molecule has 0 aliphatic heterocycles. The van der Waals surface area contributed by atoms with Crippen LogP contribution < -0.4 is 5.32 Å². The number of fused-ring (bicyclic) bond motifs is 1. The van der Waals surface area contributed by atoms with Gasteiger partial charge >= 0.3 is 0 Å². The van der Waals surface area contributed by atoms with Gasteiger partial charge in [0, 0.05) is 23.2 Å². The molecular formula is C17H13N5OS. The number of carbonyl (C=O) groups excluding carboxylic acids is 1. The van der Waals surface area contributed by atoms with Gasteiger partial charge < -0.3 is 5.32 Å². The maximum Gasteiger partial charge on any atom is 0.276 e. The van der Waals surface area contributed by atoms with Gasteiger partial charge in [0.05, 0.1) is 11.2 Å². The van der Waals surface area contributed by atoms with Crippen LogP contribution in [0.5, 0.6) is 0 Å². The van der Waals surface area contributed by atoms with Crippen LogP contribution in [0, 0.1) is 6.92 Å². The van der Waals surface area contributed by atoms with E-state index in [1.807, 2.05) is 37.3 Å². The molecule has 0 fully saturated rings. The molecule has 0 aliphatic rings. The Bertz CT molecular complexity index is 1020. The summed E-state index contributed by atoms with van der Waals surface area (Å²) >= 11 is 1.38. The Labute approximate surface area is 141 Å². The number of anilines is 1. The summed E-state index contributed by atoms with van der Waals surface area (Å²) in [7, 11) is 0. The fourth-order valence-corrected chi connectivity index (χ4v) is 3.02. The lowest BCUT2D eigenvalue weighted by Gasteiger charge is -2.05. The predicted octanol–water partition coefficient (Wildman–Crippen LogP) is 3.41. The van der Waals surface area contributed by atoms with Crippen LogP contribution in [-0.4, -0.2) is 25.5 Å². The predicted molar refractivity (Wildman–Crippen MR) is 93.2 cm³/mol. The van der Waals surface area contributed by atoms with Crippen molar-refractivity contribution in [2.75, 3.05) is 5.32 Å². The maximum absolute atomic E-state index is 12.2. The monoisotopic (exact) mass is 335 g/mol. The van der Waals surface area contributed by atoms with Crippen molar-refractivity contribution in [1.82, 2.24) is 19.6 Å². The van der Waals surface area contributed by atoms with E-state index in [0.29, 0.717) is 17.2 Å². The number of hydrogen-bond acceptors (Lipinski definition) is 5. The van der Waals surface area contributed by atoms with Crippen molar-refractivity contribution in [3.05, 3.63) is 64.7 Å². The first-order valence-corrected chi connectivity index (χ1v) is 8.27. The molecule has 0 bridgehead atoms. The molecule has 4 aromatic rings.